The van der Waals surface area contributed by atoms with Gasteiger partial charge in [0.25, 0.3) is 5.91 Å². The molecule has 132 valence electrons. The van der Waals surface area contributed by atoms with Gasteiger partial charge in [0, 0.05) is 25.4 Å². The highest BCUT2D eigenvalue weighted by Gasteiger charge is 2.32. The highest BCUT2D eigenvalue weighted by atomic mass is 16.5. The topological polar surface area (TPSA) is 96.7 Å². The lowest BCUT2D eigenvalue weighted by Crippen LogP contribution is -2.47. The quantitative estimate of drug-likeness (QED) is 0.772. The second kappa shape index (κ2) is 7.35. The molecule has 0 saturated carbocycles. The number of phenolic OH excluding ortho intramolecular Hbond substituents is 1. The first-order chi connectivity index (χ1) is 12.1. The molecule has 1 aromatic heterocycles. The van der Waals surface area contributed by atoms with Crippen molar-refractivity contribution in [1.82, 2.24) is 19.8 Å². The normalized spacial score (nSPS) is 16.4. The van der Waals surface area contributed by atoms with Gasteiger partial charge in [-0.3, -0.25) is 9.59 Å². The molecule has 0 unspecified atom stereocenters. The van der Waals surface area contributed by atoms with Crippen molar-refractivity contribution in [3.05, 3.63) is 48.0 Å². The minimum absolute atomic E-state index is 0.0294. The van der Waals surface area contributed by atoms with Gasteiger partial charge in [0.05, 0.1) is 31.7 Å². The Hall–Kier alpha value is -2.87. The number of methoxy groups -OCH3 is 1. The van der Waals surface area contributed by atoms with Crippen LogP contribution in [-0.2, 0) is 16.1 Å². The van der Waals surface area contributed by atoms with E-state index in [1.54, 1.807) is 41.2 Å². The predicted octanol–water partition coefficient (Wildman–Crippen LogP) is 0.548. The first kappa shape index (κ1) is 17.0. The summed E-state index contributed by atoms with van der Waals surface area (Å²) < 4.78 is 6.73. The molecule has 2 aromatic rings. The van der Waals surface area contributed by atoms with Crippen LogP contribution in [0.1, 0.15) is 22.1 Å². The van der Waals surface area contributed by atoms with Crippen LogP contribution in [0.4, 0.5) is 0 Å². The van der Waals surface area contributed by atoms with Crippen LogP contribution in [-0.4, -0.2) is 58.2 Å². The Kier molecular flexibility index (Phi) is 4.99. The number of aromatic hydroxyl groups is 1. The van der Waals surface area contributed by atoms with Crippen LogP contribution >= 0.6 is 0 Å². The summed E-state index contributed by atoms with van der Waals surface area (Å²) in [5.74, 6) is -0.399. The van der Waals surface area contributed by atoms with E-state index in [9.17, 15) is 14.7 Å². The van der Waals surface area contributed by atoms with Crippen molar-refractivity contribution in [3.8, 4) is 5.75 Å². The summed E-state index contributed by atoms with van der Waals surface area (Å²) >= 11 is 0. The first-order valence-corrected chi connectivity index (χ1v) is 7.96. The van der Waals surface area contributed by atoms with Crippen molar-refractivity contribution >= 4 is 11.8 Å². The van der Waals surface area contributed by atoms with Crippen molar-refractivity contribution in [2.24, 2.45) is 0 Å². The molecule has 2 heterocycles. The molecule has 0 aliphatic carbocycles. The van der Waals surface area contributed by atoms with E-state index in [2.05, 4.69) is 10.3 Å². The van der Waals surface area contributed by atoms with Crippen molar-refractivity contribution in [2.45, 2.75) is 12.6 Å². The molecule has 1 aromatic carbocycles. The highest BCUT2D eigenvalue weighted by molar-refractivity contribution is 5.95. The number of benzene rings is 1. The van der Waals surface area contributed by atoms with Gasteiger partial charge in [-0.25, -0.2) is 4.98 Å². The standard InChI is InChI=1S/C17H20N4O4/c1-25-6-5-19-16(23)15-10-20(9-13-8-18-11-21(13)15)17(24)12-3-2-4-14(22)7-12/h2-4,7-8,11,15,22H,5-6,9-10H2,1H3,(H,19,23)/t15-/m1/s1. The number of fused-ring (bicyclic) bond motifs is 1. The molecule has 1 aliphatic rings. The minimum Gasteiger partial charge on any atom is -0.508 e. The number of phenols is 1. The number of aromatic nitrogens is 2. The van der Waals surface area contributed by atoms with Crippen molar-refractivity contribution in [3.63, 3.8) is 0 Å². The van der Waals surface area contributed by atoms with Crippen molar-refractivity contribution < 1.29 is 19.4 Å². The van der Waals surface area contributed by atoms with Gasteiger partial charge in [0.2, 0.25) is 5.91 Å². The number of nitrogens with one attached hydrogen (secondary N) is 1. The van der Waals surface area contributed by atoms with Gasteiger partial charge in [0.1, 0.15) is 11.8 Å². The zero-order valence-electron chi connectivity index (χ0n) is 13.9. The summed E-state index contributed by atoms with van der Waals surface area (Å²) in [6.07, 6.45) is 3.25. The molecular weight excluding hydrogens is 324 g/mol. The molecule has 0 radical (unpaired) electrons. The van der Waals surface area contributed by atoms with Gasteiger partial charge in [-0.1, -0.05) is 6.07 Å². The lowest BCUT2D eigenvalue weighted by atomic mass is 10.1. The number of ether oxygens (including phenoxy) is 1. The fourth-order valence-electron chi connectivity index (χ4n) is 2.87. The number of rotatable bonds is 5. The Morgan fingerprint density at radius 2 is 2.28 bits per heavy atom. The summed E-state index contributed by atoms with van der Waals surface area (Å²) in [6, 6.07) is 5.63. The monoisotopic (exact) mass is 344 g/mol. The molecule has 2 amide bonds. The Morgan fingerprint density at radius 3 is 3.04 bits per heavy atom. The fourth-order valence-corrected chi connectivity index (χ4v) is 2.87. The molecule has 1 aliphatic heterocycles. The van der Waals surface area contributed by atoms with E-state index in [-0.39, 0.29) is 24.1 Å². The van der Waals surface area contributed by atoms with E-state index in [1.807, 2.05) is 0 Å². The molecule has 8 heteroatoms. The van der Waals surface area contributed by atoms with Crippen molar-refractivity contribution in [1.29, 1.82) is 0 Å². The molecule has 0 spiro atoms. The third kappa shape index (κ3) is 3.63. The third-order valence-electron chi connectivity index (χ3n) is 4.12. The molecule has 0 saturated heterocycles. The molecule has 2 N–H and O–H groups in total. The average molecular weight is 344 g/mol. The number of hydrogen-bond donors (Lipinski definition) is 2. The molecule has 8 nitrogen and oxygen atoms in total. The van der Waals surface area contributed by atoms with Crippen molar-refractivity contribution in [2.75, 3.05) is 26.8 Å². The lowest BCUT2D eigenvalue weighted by Gasteiger charge is -2.33. The third-order valence-corrected chi connectivity index (χ3v) is 4.12. The second-order valence-corrected chi connectivity index (χ2v) is 5.83. The maximum absolute atomic E-state index is 12.7. The largest absolute Gasteiger partial charge is 0.508 e. The zero-order valence-corrected chi connectivity index (χ0v) is 13.9. The molecule has 0 bridgehead atoms. The second-order valence-electron chi connectivity index (χ2n) is 5.83. The number of carbonyl (C=O) groups excluding carboxylic acids is 2. The van der Waals surface area contributed by atoms with E-state index < -0.39 is 6.04 Å². The number of carbonyl (C=O) groups is 2. The molecule has 1 atom stereocenters. The SMILES string of the molecule is COCCNC(=O)[C@H]1CN(C(=O)c2cccc(O)c2)Cc2cncn21. The van der Waals surface area contributed by atoms with Crippen LogP contribution in [0.15, 0.2) is 36.8 Å². The predicted molar refractivity (Wildman–Crippen MR) is 89.0 cm³/mol. The van der Waals surface area contributed by atoms with Gasteiger partial charge >= 0.3 is 0 Å². The Bertz CT molecular complexity index is 774. The Labute approximate surface area is 145 Å². The molecule has 3 rings (SSSR count). The van der Waals surface area contributed by atoms with E-state index >= 15 is 0 Å². The van der Waals surface area contributed by atoms with Gasteiger partial charge in [-0.2, -0.15) is 0 Å². The maximum atomic E-state index is 12.7. The van der Waals surface area contributed by atoms with Gasteiger partial charge < -0.3 is 24.6 Å². The van der Waals surface area contributed by atoms with Gasteiger partial charge in [-0.05, 0) is 18.2 Å². The van der Waals surface area contributed by atoms with Crippen LogP contribution in [0.3, 0.4) is 0 Å². The van der Waals surface area contributed by atoms with E-state index in [0.717, 1.165) is 5.69 Å². The summed E-state index contributed by atoms with van der Waals surface area (Å²) in [4.78, 5) is 30.9. The van der Waals surface area contributed by atoms with Crippen LogP contribution in [0, 0.1) is 0 Å². The summed E-state index contributed by atoms with van der Waals surface area (Å²) in [7, 11) is 1.57. The fraction of sp³-hybridized carbons (Fsp3) is 0.353. The Balaban J connectivity index is 1.79. The molecule has 25 heavy (non-hydrogen) atoms. The smallest absolute Gasteiger partial charge is 0.254 e. The van der Waals surface area contributed by atoms with Crippen LogP contribution in [0.25, 0.3) is 0 Å². The lowest BCUT2D eigenvalue weighted by molar-refractivity contribution is -0.125. The molecule has 0 fully saturated rings. The van der Waals surface area contributed by atoms with Crippen LogP contribution in [0.2, 0.25) is 0 Å². The Morgan fingerprint density at radius 1 is 1.44 bits per heavy atom. The maximum Gasteiger partial charge on any atom is 0.254 e. The summed E-state index contributed by atoms with van der Waals surface area (Å²) in [5, 5.41) is 12.4. The zero-order chi connectivity index (χ0) is 17.8. The van der Waals surface area contributed by atoms with Gasteiger partial charge in [-0.15, -0.1) is 0 Å². The highest BCUT2D eigenvalue weighted by Crippen LogP contribution is 2.23. The van der Waals surface area contributed by atoms with E-state index in [4.69, 9.17) is 4.74 Å². The molecular formula is C17H20N4O4. The number of amides is 2. The number of nitrogens with zero attached hydrogens (tertiary/aromatic N) is 3. The number of hydrogen-bond acceptors (Lipinski definition) is 5. The van der Waals surface area contributed by atoms with Crippen LogP contribution in [0.5, 0.6) is 5.75 Å². The summed E-state index contributed by atoms with van der Waals surface area (Å²) in [5.41, 5.74) is 1.16. The first-order valence-electron chi connectivity index (χ1n) is 7.96. The van der Waals surface area contributed by atoms with E-state index in [0.29, 0.717) is 25.3 Å². The van der Waals surface area contributed by atoms with E-state index in [1.165, 1.54) is 12.1 Å². The minimum atomic E-state index is -0.552. The summed E-state index contributed by atoms with van der Waals surface area (Å²) in [6.45, 7) is 1.41. The van der Waals surface area contributed by atoms with Gasteiger partial charge in [0.15, 0.2) is 0 Å². The average Bonchev–Trinajstić information content (AvgIpc) is 3.09. The number of imidazole rings is 1. The van der Waals surface area contributed by atoms with Crippen LogP contribution < -0.4 is 5.32 Å².